The Kier molecular flexibility index (Phi) is 3.78. The highest BCUT2D eigenvalue weighted by Crippen LogP contribution is 2.28. The maximum Gasteiger partial charge on any atom is 0.393 e. The van der Waals surface area contributed by atoms with Gasteiger partial charge in [-0.3, -0.25) is 0 Å². The first kappa shape index (κ1) is 10.7. The third-order valence-electron chi connectivity index (χ3n) is 1.43. The predicted molar refractivity (Wildman–Crippen MR) is 33.6 cm³/mol. The van der Waals surface area contributed by atoms with Crippen molar-refractivity contribution in [2.24, 2.45) is 5.92 Å². The first-order valence-corrected chi connectivity index (χ1v) is 3.31. The average molecular weight is 173 g/mol. The summed E-state index contributed by atoms with van der Waals surface area (Å²) in [4.78, 5) is 0. The van der Waals surface area contributed by atoms with Crippen molar-refractivity contribution in [1.82, 2.24) is 5.12 Å². The summed E-state index contributed by atoms with van der Waals surface area (Å²) in [5, 5.41) is 0.0572. The molecule has 0 aromatic carbocycles. The van der Waals surface area contributed by atoms with Gasteiger partial charge in [-0.05, 0) is 6.42 Å². The van der Waals surface area contributed by atoms with E-state index in [4.69, 9.17) is 0 Å². The van der Waals surface area contributed by atoms with Crippen molar-refractivity contribution < 1.29 is 17.7 Å². The van der Waals surface area contributed by atoms with E-state index in [1.807, 2.05) is 0 Å². The average Bonchev–Trinajstić information content (AvgIpc) is 1.79. The highest BCUT2D eigenvalue weighted by molar-refractivity contribution is 4.66. The third-order valence-corrected chi connectivity index (χ3v) is 1.43. The van der Waals surface area contributed by atoms with E-state index in [-0.39, 0.29) is 11.5 Å². The van der Waals surface area contributed by atoms with Gasteiger partial charge >= 0.3 is 6.18 Å². The van der Waals surface area contributed by atoms with Gasteiger partial charge in [-0.25, -0.2) is 0 Å². The van der Waals surface area contributed by atoms with Crippen LogP contribution in [-0.2, 0) is 0 Å². The summed E-state index contributed by atoms with van der Waals surface area (Å²) < 4.78 is 47.7. The van der Waals surface area contributed by atoms with Crippen LogP contribution in [0, 0.1) is 5.92 Å². The van der Waals surface area contributed by atoms with Gasteiger partial charge in [0.25, 0.3) is 0 Å². The van der Waals surface area contributed by atoms with Gasteiger partial charge in [0.15, 0.2) is 0 Å². The summed E-state index contributed by atoms with van der Waals surface area (Å²) in [6.07, 6.45) is -4.37. The fourth-order valence-electron chi connectivity index (χ4n) is 0.768. The molecule has 1 atom stereocenters. The van der Waals surface area contributed by atoms with E-state index >= 15 is 0 Å². The lowest BCUT2D eigenvalue weighted by atomic mass is 10.1. The number of nitrogens with zero attached hydrogens (tertiary/aromatic N) is 1. The molecule has 1 unspecified atom stereocenters. The van der Waals surface area contributed by atoms with Gasteiger partial charge in [0.2, 0.25) is 0 Å². The molecule has 0 aromatic rings. The number of halogens is 4. The molecule has 5 heteroatoms. The monoisotopic (exact) mass is 173 g/mol. The van der Waals surface area contributed by atoms with E-state index in [0.717, 1.165) is 7.05 Å². The summed E-state index contributed by atoms with van der Waals surface area (Å²) in [6, 6.07) is 0. The summed E-state index contributed by atoms with van der Waals surface area (Å²) in [5.41, 5.74) is 0. The SMILES string of the molecule is CCC(CN(C)F)C(F)(F)F. The van der Waals surface area contributed by atoms with Gasteiger partial charge in [0.05, 0.1) is 5.92 Å². The Labute approximate surface area is 62.9 Å². The first-order chi connectivity index (χ1) is 4.88. The summed E-state index contributed by atoms with van der Waals surface area (Å²) >= 11 is 0. The molecule has 0 spiro atoms. The molecule has 0 saturated carbocycles. The number of alkyl halides is 3. The zero-order valence-corrected chi connectivity index (χ0v) is 6.45. The fourth-order valence-corrected chi connectivity index (χ4v) is 0.768. The zero-order valence-electron chi connectivity index (χ0n) is 6.45. The molecular formula is C6H11F4N. The summed E-state index contributed by atoms with van der Waals surface area (Å²) in [5.74, 6) is -1.56. The highest BCUT2D eigenvalue weighted by Gasteiger charge is 2.38. The first-order valence-electron chi connectivity index (χ1n) is 3.31. The molecule has 1 nitrogen and oxygen atoms in total. The van der Waals surface area contributed by atoms with Crippen LogP contribution in [0.15, 0.2) is 0 Å². The maximum absolute atomic E-state index is 12.0. The molecule has 0 aromatic heterocycles. The van der Waals surface area contributed by atoms with E-state index in [0.29, 0.717) is 0 Å². The standard InChI is InChI=1S/C6H11F4N/c1-3-5(4-11(2)10)6(7,8)9/h5H,3-4H2,1-2H3. The van der Waals surface area contributed by atoms with Crippen molar-refractivity contribution in [3.8, 4) is 0 Å². The lowest BCUT2D eigenvalue weighted by molar-refractivity contribution is -0.187. The molecule has 0 amide bonds. The Morgan fingerprint density at radius 1 is 1.36 bits per heavy atom. The zero-order chi connectivity index (χ0) is 9.07. The van der Waals surface area contributed by atoms with Crippen molar-refractivity contribution in [2.75, 3.05) is 13.6 Å². The Morgan fingerprint density at radius 3 is 1.91 bits per heavy atom. The second-order valence-corrected chi connectivity index (χ2v) is 2.43. The van der Waals surface area contributed by atoms with Crippen LogP contribution in [0.1, 0.15) is 13.3 Å². The van der Waals surface area contributed by atoms with Crippen LogP contribution < -0.4 is 0 Å². The fraction of sp³-hybridized carbons (Fsp3) is 1.00. The summed E-state index contributed by atoms with van der Waals surface area (Å²) in [6.45, 7) is 0.807. The Bertz CT molecular complexity index is 110. The van der Waals surface area contributed by atoms with Gasteiger partial charge in [-0.2, -0.15) is 13.2 Å². The second kappa shape index (κ2) is 3.90. The van der Waals surface area contributed by atoms with Crippen LogP contribution >= 0.6 is 0 Å². The summed E-state index contributed by atoms with van der Waals surface area (Å²) in [7, 11) is 0.981. The minimum atomic E-state index is -4.28. The van der Waals surface area contributed by atoms with Crippen LogP contribution in [0.5, 0.6) is 0 Å². The molecule has 0 saturated heterocycles. The smallest absolute Gasteiger partial charge is 0.171 e. The molecule has 0 radical (unpaired) electrons. The third kappa shape index (κ3) is 4.19. The van der Waals surface area contributed by atoms with Gasteiger partial charge in [0, 0.05) is 13.6 Å². The molecule has 0 fully saturated rings. The Hall–Kier alpha value is -0.320. The van der Waals surface area contributed by atoms with Crippen LogP contribution in [0.25, 0.3) is 0 Å². The minimum Gasteiger partial charge on any atom is -0.171 e. The predicted octanol–water partition coefficient (Wildman–Crippen LogP) is 2.39. The van der Waals surface area contributed by atoms with E-state index in [1.54, 1.807) is 0 Å². The number of hydrogen-bond acceptors (Lipinski definition) is 1. The molecule has 0 aliphatic carbocycles. The van der Waals surface area contributed by atoms with Crippen LogP contribution in [0.2, 0.25) is 0 Å². The van der Waals surface area contributed by atoms with E-state index < -0.39 is 18.6 Å². The second-order valence-electron chi connectivity index (χ2n) is 2.43. The highest BCUT2D eigenvalue weighted by atomic mass is 19.4. The quantitative estimate of drug-likeness (QED) is 0.468. The number of hydrogen-bond donors (Lipinski definition) is 0. The van der Waals surface area contributed by atoms with Crippen LogP contribution in [0.3, 0.4) is 0 Å². The van der Waals surface area contributed by atoms with Gasteiger partial charge < -0.3 is 0 Å². The van der Waals surface area contributed by atoms with Gasteiger partial charge in [0.1, 0.15) is 0 Å². The molecule has 0 heterocycles. The van der Waals surface area contributed by atoms with Crippen molar-refractivity contribution in [1.29, 1.82) is 0 Å². The molecule has 0 N–H and O–H groups in total. The van der Waals surface area contributed by atoms with E-state index in [2.05, 4.69) is 0 Å². The van der Waals surface area contributed by atoms with Crippen LogP contribution in [0.4, 0.5) is 17.7 Å². The lowest BCUT2D eigenvalue weighted by Crippen LogP contribution is -2.30. The molecule has 0 aliphatic rings. The molecule has 0 aliphatic heterocycles. The largest absolute Gasteiger partial charge is 0.393 e. The van der Waals surface area contributed by atoms with Crippen molar-refractivity contribution in [3.05, 3.63) is 0 Å². The minimum absolute atomic E-state index is 0.0572. The van der Waals surface area contributed by atoms with E-state index in [1.165, 1.54) is 6.92 Å². The van der Waals surface area contributed by atoms with Crippen LogP contribution in [-0.4, -0.2) is 24.9 Å². The van der Waals surface area contributed by atoms with Crippen molar-refractivity contribution >= 4 is 0 Å². The Morgan fingerprint density at radius 2 is 1.82 bits per heavy atom. The lowest BCUT2D eigenvalue weighted by Gasteiger charge is -2.19. The van der Waals surface area contributed by atoms with Crippen molar-refractivity contribution in [2.45, 2.75) is 19.5 Å². The van der Waals surface area contributed by atoms with E-state index in [9.17, 15) is 17.7 Å². The topological polar surface area (TPSA) is 3.24 Å². The molecule has 11 heavy (non-hydrogen) atoms. The Balaban J connectivity index is 3.96. The van der Waals surface area contributed by atoms with Gasteiger partial charge in [-0.15, -0.1) is 9.60 Å². The molecule has 0 rings (SSSR count). The molecule has 68 valence electrons. The normalized spacial score (nSPS) is 15.5. The molecule has 0 bridgehead atoms. The maximum atomic E-state index is 12.0. The molecular weight excluding hydrogens is 162 g/mol. The van der Waals surface area contributed by atoms with Gasteiger partial charge in [-0.1, -0.05) is 6.92 Å². The number of rotatable bonds is 3. The van der Waals surface area contributed by atoms with Crippen molar-refractivity contribution in [3.63, 3.8) is 0 Å².